The van der Waals surface area contributed by atoms with Crippen LogP contribution in [0.5, 0.6) is 0 Å². The Bertz CT molecular complexity index is 2770. The fraction of sp³-hybridized carbons (Fsp3) is 0.556. The van der Waals surface area contributed by atoms with E-state index in [4.69, 9.17) is 9.72 Å². The van der Waals surface area contributed by atoms with Crippen LogP contribution in [-0.2, 0) is 32.6 Å². The van der Waals surface area contributed by atoms with Crippen LogP contribution in [0.15, 0.2) is 47.7 Å². The van der Waals surface area contributed by atoms with Crippen LogP contribution in [0.25, 0.3) is 16.7 Å². The Hall–Kier alpha value is -6.02. The molecule has 4 amide bonds. The number of nitrogens with zero attached hydrogens (tertiary/aromatic N) is 10. The quantitative estimate of drug-likeness (QED) is 0.195. The summed E-state index contributed by atoms with van der Waals surface area (Å²) in [7, 11) is 1.73. The summed E-state index contributed by atoms with van der Waals surface area (Å²) >= 11 is 0. The number of halogens is 2. The molecule has 5 aliphatic heterocycles. The van der Waals surface area contributed by atoms with E-state index >= 15 is 0 Å². The fourth-order valence-electron chi connectivity index (χ4n) is 11.6. The number of imidazole rings is 1. The summed E-state index contributed by atoms with van der Waals surface area (Å²) in [6.45, 7) is 5.49. The van der Waals surface area contributed by atoms with Crippen molar-refractivity contribution in [3.63, 3.8) is 0 Å². The van der Waals surface area contributed by atoms with E-state index < -0.39 is 30.0 Å². The molecule has 2 bridgehead atoms. The van der Waals surface area contributed by atoms with Gasteiger partial charge in [0.1, 0.15) is 17.4 Å². The van der Waals surface area contributed by atoms with E-state index in [1.807, 2.05) is 29.2 Å². The molecule has 65 heavy (non-hydrogen) atoms. The van der Waals surface area contributed by atoms with Gasteiger partial charge < -0.3 is 24.8 Å². The molecule has 6 fully saturated rings. The van der Waals surface area contributed by atoms with Gasteiger partial charge in [0, 0.05) is 71.0 Å². The smallest absolute Gasteiger partial charge is 0.329 e. The summed E-state index contributed by atoms with van der Waals surface area (Å²) in [4.78, 5) is 76.5. The Balaban J connectivity index is 0.667. The molecule has 1 unspecified atom stereocenters. The van der Waals surface area contributed by atoms with Crippen LogP contribution >= 0.6 is 0 Å². The van der Waals surface area contributed by atoms with Gasteiger partial charge in [-0.15, -0.1) is 0 Å². The van der Waals surface area contributed by atoms with Gasteiger partial charge in [0.05, 0.1) is 47.7 Å². The highest BCUT2D eigenvalue weighted by atomic mass is 19.3. The zero-order valence-corrected chi connectivity index (χ0v) is 36.2. The molecule has 11 rings (SSSR count). The van der Waals surface area contributed by atoms with Crippen molar-refractivity contribution in [1.82, 2.24) is 48.6 Å². The number of aryl methyl sites for hydroxylation is 1. The number of alkyl halides is 2. The molecule has 20 heteroatoms. The number of amides is 4. The van der Waals surface area contributed by atoms with Crippen molar-refractivity contribution < 1.29 is 32.7 Å². The number of likely N-dealkylation sites (tertiary alicyclic amines) is 2. The minimum absolute atomic E-state index is 0.0597. The third kappa shape index (κ3) is 7.37. The van der Waals surface area contributed by atoms with E-state index in [1.54, 1.807) is 17.8 Å². The maximum Gasteiger partial charge on any atom is 0.329 e. The van der Waals surface area contributed by atoms with Crippen molar-refractivity contribution >= 4 is 51.8 Å². The number of para-hydroxylation sites is 1. The lowest BCUT2D eigenvalue weighted by atomic mass is 9.71. The third-order valence-electron chi connectivity index (χ3n) is 15.1. The zero-order valence-electron chi connectivity index (χ0n) is 36.2. The lowest BCUT2D eigenvalue weighted by Gasteiger charge is -2.54. The average molecular weight is 895 g/mol. The molecule has 1 aromatic carbocycles. The highest BCUT2D eigenvalue weighted by molar-refractivity contribution is 6.08. The van der Waals surface area contributed by atoms with Gasteiger partial charge in [-0.1, -0.05) is 12.1 Å². The molecular formula is C45H52F2N12O6. The Kier molecular flexibility index (Phi) is 10.3. The molecule has 1 aliphatic carbocycles. The van der Waals surface area contributed by atoms with Gasteiger partial charge in [-0.2, -0.15) is 10.2 Å². The first kappa shape index (κ1) is 41.7. The van der Waals surface area contributed by atoms with Crippen molar-refractivity contribution in [3.05, 3.63) is 70.2 Å². The van der Waals surface area contributed by atoms with Crippen LogP contribution in [0.3, 0.4) is 0 Å². The van der Waals surface area contributed by atoms with Crippen LogP contribution in [0, 0.1) is 11.3 Å². The monoisotopic (exact) mass is 894 g/mol. The van der Waals surface area contributed by atoms with Crippen LogP contribution < -0.4 is 21.2 Å². The summed E-state index contributed by atoms with van der Waals surface area (Å²) in [6, 6.07) is 6.98. The second-order valence-corrected chi connectivity index (χ2v) is 19.0. The number of carbonyl (C=O) groups excluding carboxylic acids is 4. The summed E-state index contributed by atoms with van der Waals surface area (Å²) in [5.74, 6) is -0.630. The van der Waals surface area contributed by atoms with E-state index in [9.17, 15) is 32.8 Å². The Morgan fingerprint density at radius 1 is 1.03 bits per heavy atom. The van der Waals surface area contributed by atoms with Crippen LogP contribution in [0.1, 0.15) is 97.9 Å². The van der Waals surface area contributed by atoms with Gasteiger partial charge in [-0.05, 0) is 80.9 Å². The summed E-state index contributed by atoms with van der Waals surface area (Å²) < 4.78 is 40.6. The number of piperidine rings is 2. The second-order valence-electron chi connectivity index (χ2n) is 19.0. The summed E-state index contributed by atoms with van der Waals surface area (Å²) in [5, 5.41) is 13.6. The maximum atomic E-state index is 14.3. The second kappa shape index (κ2) is 16.1. The number of fused-ring (bicyclic) bond motifs is 4. The van der Waals surface area contributed by atoms with Crippen molar-refractivity contribution in [2.24, 2.45) is 18.4 Å². The number of imide groups is 1. The van der Waals surface area contributed by atoms with E-state index in [1.165, 1.54) is 26.2 Å². The highest BCUT2D eigenvalue weighted by Gasteiger charge is 2.46. The molecule has 5 saturated heterocycles. The van der Waals surface area contributed by atoms with Gasteiger partial charge in [-0.25, -0.2) is 23.1 Å². The van der Waals surface area contributed by atoms with Gasteiger partial charge in [0.25, 0.3) is 12.3 Å². The van der Waals surface area contributed by atoms with Gasteiger partial charge >= 0.3 is 5.69 Å². The van der Waals surface area contributed by atoms with Gasteiger partial charge in [0.15, 0.2) is 11.3 Å². The number of nitrogens with one attached hydrogen (secondary N) is 2. The average Bonchev–Trinajstić information content (AvgIpc) is 4.15. The normalized spacial score (nSPS) is 25.6. The first-order chi connectivity index (χ1) is 31.4. The van der Waals surface area contributed by atoms with Crippen LogP contribution in [-0.4, -0.2) is 125 Å². The fourth-order valence-corrected chi connectivity index (χ4v) is 11.6. The number of hydrogen-bond donors (Lipinski definition) is 2. The number of ether oxygens (including phenoxy) is 1. The predicted octanol–water partition coefficient (Wildman–Crippen LogP) is 3.62. The van der Waals surface area contributed by atoms with Crippen molar-refractivity contribution in [1.29, 1.82) is 0 Å². The Labute approximate surface area is 371 Å². The topological polar surface area (TPSA) is 186 Å². The zero-order chi connectivity index (χ0) is 44.7. The van der Waals surface area contributed by atoms with Crippen LogP contribution in [0.4, 0.5) is 20.3 Å². The lowest BCUT2D eigenvalue weighted by molar-refractivity contribution is -0.142. The molecule has 5 aromatic rings. The first-order valence-electron chi connectivity index (χ1n) is 22.9. The van der Waals surface area contributed by atoms with Gasteiger partial charge in [-0.3, -0.25) is 38.3 Å². The molecule has 1 spiro atoms. The molecule has 3 atom stereocenters. The molecule has 0 radical (unpaired) electrons. The lowest BCUT2D eigenvalue weighted by Crippen LogP contribution is -2.61. The summed E-state index contributed by atoms with van der Waals surface area (Å²) in [6.07, 6.45) is 8.35. The largest absolute Gasteiger partial charge is 0.374 e. The van der Waals surface area contributed by atoms with Gasteiger partial charge in [0.2, 0.25) is 17.7 Å². The molecule has 2 N–H and O–H groups in total. The molecular weight excluding hydrogens is 843 g/mol. The number of morpholine rings is 1. The number of benzene rings is 1. The molecule has 342 valence electrons. The number of hydrogen-bond acceptors (Lipinski definition) is 11. The van der Waals surface area contributed by atoms with E-state index in [-0.39, 0.29) is 64.7 Å². The van der Waals surface area contributed by atoms with Crippen molar-refractivity contribution in [3.8, 4) is 0 Å². The van der Waals surface area contributed by atoms with E-state index in [0.29, 0.717) is 68.8 Å². The third-order valence-corrected chi connectivity index (χ3v) is 15.1. The Morgan fingerprint density at radius 2 is 1.83 bits per heavy atom. The predicted molar refractivity (Wildman–Crippen MR) is 232 cm³/mol. The minimum atomic E-state index is -2.91. The first-order valence-corrected chi connectivity index (χ1v) is 22.9. The van der Waals surface area contributed by atoms with Crippen molar-refractivity contribution in [2.45, 2.75) is 94.9 Å². The molecule has 1 saturated carbocycles. The number of anilines is 2. The molecule has 9 heterocycles. The Morgan fingerprint density at radius 3 is 2.55 bits per heavy atom. The number of aromatic nitrogens is 7. The van der Waals surface area contributed by atoms with Crippen LogP contribution in [0.2, 0.25) is 0 Å². The standard InChI is InChI=1S/C45H52F2N12O6/c1-53-38-26(3-2-4-33(38)59(44(53)64)34-9-10-36(60)51-42(34)62)11-15-54-24-45(25-54)13-17-55(18-14-45)43(63)27-5-7-28(8-6-27)58-22-32(37(52-58)39(46)47)49-41(61)31-20-48-57-16-12-35(50-40(31)57)56-21-30-19-29(56)23-65-30/h2-4,12,16,20,22,27-30,34,39H,5-11,13-15,17-19,21,23-25H2,1H3,(H,49,61)(H,51,60,62)/t27?,28?,29-,30-,34?/m1/s1. The molecule has 4 aromatic heterocycles. The molecule has 18 nitrogen and oxygen atoms in total. The van der Waals surface area contributed by atoms with Crippen molar-refractivity contribution in [2.75, 3.05) is 56.1 Å². The summed E-state index contributed by atoms with van der Waals surface area (Å²) in [5.41, 5.74) is 2.37. The number of carbonyl (C=O) groups is 4. The minimum Gasteiger partial charge on any atom is -0.374 e. The SMILES string of the molecule is Cn1c(=O)n(C2CCC(=O)NC2=O)c2cccc(CCN3CC4(CCN(C(=O)C5CCC(n6cc(NC(=O)c7cnn8ccc(N9C[C@H]%10C[C@@H]9CO%10)nc78)c(C(F)F)n6)CC5)CC4)C3)c21. The maximum absolute atomic E-state index is 14.3. The van der Waals surface area contributed by atoms with E-state index in [0.717, 1.165) is 62.9 Å². The van der Waals surface area contributed by atoms with E-state index in [2.05, 4.69) is 30.6 Å². The number of rotatable bonds is 10. The highest BCUT2D eigenvalue weighted by Crippen LogP contribution is 2.42. The molecule has 6 aliphatic rings.